The van der Waals surface area contributed by atoms with Crippen molar-refractivity contribution in [2.75, 3.05) is 14.1 Å². The molecule has 0 radical (unpaired) electrons. The number of hydrogen-bond acceptors (Lipinski definition) is 6. The van der Waals surface area contributed by atoms with Crippen LogP contribution in [-0.4, -0.2) is 48.6 Å². The van der Waals surface area contributed by atoms with Crippen LogP contribution in [0.1, 0.15) is 18.4 Å². The van der Waals surface area contributed by atoms with E-state index in [1.807, 2.05) is 0 Å². The molecule has 1 fully saturated rings. The summed E-state index contributed by atoms with van der Waals surface area (Å²) in [4.78, 5) is 30.2. The molecular weight excluding hydrogens is 360 g/mol. The number of furan rings is 1. The first-order chi connectivity index (χ1) is 12.2. The number of carbonyl (C=O) groups is 2. The van der Waals surface area contributed by atoms with E-state index in [0.717, 1.165) is 9.21 Å². The molecule has 0 bridgehead atoms. The highest BCUT2D eigenvalue weighted by Gasteiger charge is 2.50. The normalized spacial score (nSPS) is 20.7. The van der Waals surface area contributed by atoms with E-state index in [0.29, 0.717) is 5.69 Å². The van der Waals surface area contributed by atoms with Gasteiger partial charge in [-0.2, -0.15) is 0 Å². The molecule has 9 nitrogen and oxygen atoms in total. The van der Waals surface area contributed by atoms with Gasteiger partial charge in [-0.15, -0.1) is 0 Å². The largest absolute Gasteiger partial charge is 0.446 e. The number of aromatic nitrogens is 1. The van der Waals surface area contributed by atoms with Crippen LogP contribution in [0.2, 0.25) is 0 Å². The summed E-state index contributed by atoms with van der Waals surface area (Å²) in [6.07, 6.45) is 1.54. The number of urea groups is 1. The van der Waals surface area contributed by atoms with Gasteiger partial charge in [0.2, 0.25) is 5.09 Å². The van der Waals surface area contributed by atoms with E-state index in [-0.39, 0.29) is 17.4 Å². The molecule has 1 N–H and O–H groups in total. The van der Waals surface area contributed by atoms with Crippen LogP contribution < -0.4 is 5.32 Å². The zero-order chi connectivity index (χ0) is 19.1. The molecule has 1 unspecified atom stereocenters. The Balaban J connectivity index is 1.85. The fourth-order valence-electron chi connectivity index (χ4n) is 2.59. The molecule has 0 saturated carbocycles. The monoisotopic (exact) mass is 378 g/mol. The zero-order valence-electron chi connectivity index (χ0n) is 14.5. The van der Waals surface area contributed by atoms with Crippen molar-refractivity contribution in [1.29, 1.82) is 0 Å². The van der Waals surface area contributed by atoms with Crippen molar-refractivity contribution in [3.8, 4) is 0 Å². The average Bonchev–Trinajstić information content (AvgIpc) is 3.16. The minimum absolute atomic E-state index is 0.180. The molecule has 26 heavy (non-hydrogen) atoms. The molecular formula is C16H18N4O5S. The topological polar surface area (TPSA) is 113 Å². The maximum absolute atomic E-state index is 12.8. The molecule has 0 spiro atoms. The van der Waals surface area contributed by atoms with Crippen molar-refractivity contribution in [3.05, 3.63) is 48.0 Å². The highest BCUT2D eigenvalue weighted by atomic mass is 32.2. The van der Waals surface area contributed by atoms with Gasteiger partial charge in [0.15, 0.2) is 5.54 Å². The number of amides is 3. The van der Waals surface area contributed by atoms with E-state index >= 15 is 0 Å². The van der Waals surface area contributed by atoms with Crippen LogP contribution >= 0.6 is 0 Å². The van der Waals surface area contributed by atoms with Gasteiger partial charge in [-0.25, -0.2) is 17.5 Å². The van der Waals surface area contributed by atoms with Gasteiger partial charge in [-0.1, -0.05) is 6.07 Å². The first-order valence-electron chi connectivity index (χ1n) is 7.73. The van der Waals surface area contributed by atoms with Crippen molar-refractivity contribution in [3.63, 3.8) is 0 Å². The molecule has 3 rings (SSSR count). The maximum atomic E-state index is 12.8. The van der Waals surface area contributed by atoms with Crippen LogP contribution in [0.25, 0.3) is 0 Å². The Kier molecular flexibility index (Phi) is 4.32. The molecule has 1 atom stereocenters. The number of sulfonamides is 1. The Morgan fingerprint density at radius 2 is 1.96 bits per heavy atom. The number of carbonyl (C=O) groups excluding carboxylic acids is 2. The lowest BCUT2D eigenvalue weighted by Gasteiger charge is -2.20. The second-order valence-corrected chi connectivity index (χ2v) is 8.25. The molecule has 1 aliphatic rings. The SMILES string of the molecule is CN(C)S(=O)(=O)c1ccc(CN2C(=O)NC(C)(c3ccccn3)C2=O)o1. The van der Waals surface area contributed by atoms with Gasteiger partial charge in [0.05, 0.1) is 12.2 Å². The Bertz CT molecular complexity index is 954. The van der Waals surface area contributed by atoms with Crippen molar-refractivity contribution in [2.24, 2.45) is 0 Å². The molecule has 2 aromatic heterocycles. The number of imide groups is 1. The van der Waals surface area contributed by atoms with E-state index < -0.39 is 27.5 Å². The van der Waals surface area contributed by atoms with Crippen LogP contribution in [0.4, 0.5) is 4.79 Å². The molecule has 0 aromatic carbocycles. The Morgan fingerprint density at radius 3 is 2.58 bits per heavy atom. The summed E-state index contributed by atoms with van der Waals surface area (Å²) < 4.78 is 30.5. The number of nitrogens with zero attached hydrogens (tertiary/aromatic N) is 3. The summed E-state index contributed by atoms with van der Waals surface area (Å²) in [7, 11) is -0.965. The third kappa shape index (κ3) is 2.86. The van der Waals surface area contributed by atoms with E-state index in [1.54, 1.807) is 25.1 Å². The van der Waals surface area contributed by atoms with Crippen molar-refractivity contribution < 1.29 is 22.4 Å². The highest BCUT2D eigenvalue weighted by molar-refractivity contribution is 7.88. The van der Waals surface area contributed by atoms with E-state index in [4.69, 9.17) is 4.42 Å². The molecule has 0 aliphatic carbocycles. The Hall–Kier alpha value is -2.72. The quantitative estimate of drug-likeness (QED) is 0.773. The summed E-state index contributed by atoms with van der Waals surface area (Å²) >= 11 is 0. The standard InChI is InChI=1S/C16H18N4O5S/c1-16(12-6-4-5-9-17-12)14(21)20(15(22)18-16)10-11-7-8-13(25-11)26(23,24)19(2)3/h4-9H,10H2,1-3H3,(H,18,22). The van der Waals surface area contributed by atoms with Crippen molar-refractivity contribution >= 4 is 22.0 Å². The molecule has 10 heteroatoms. The molecule has 1 saturated heterocycles. The molecule has 2 aromatic rings. The lowest BCUT2D eigenvalue weighted by Crippen LogP contribution is -2.41. The third-order valence-corrected chi connectivity index (χ3v) is 5.83. The molecule has 138 valence electrons. The summed E-state index contributed by atoms with van der Waals surface area (Å²) in [6.45, 7) is 1.38. The molecule has 1 aliphatic heterocycles. The summed E-state index contributed by atoms with van der Waals surface area (Å²) in [5.74, 6) is -0.311. The first-order valence-corrected chi connectivity index (χ1v) is 9.17. The van der Waals surface area contributed by atoms with Crippen molar-refractivity contribution in [2.45, 2.75) is 24.1 Å². The van der Waals surface area contributed by atoms with Crippen LogP contribution in [0.3, 0.4) is 0 Å². The number of rotatable bonds is 5. The zero-order valence-corrected chi connectivity index (χ0v) is 15.3. The van der Waals surface area contributed by atoms with Gasteiger partial charge >= 0.3 is 6.03 Å². The van der Waals surface area contributed by atoms with Gasteiger partial charge in [-0.3, -0.25) is 14.7 Å². The van der Waals surface area contributed by atoms with Gasteiger partial charge in [0.1, 0.15) is 5.76 Å². The third-order valence-electron chi connectivity index (χ3n) is 4.14. The van der Waals surface area contributed by atoms with E-state index in [2.05, 4.69) is 10.3 Å². The van der Waals surface area contributed by atoms with Gasteiger partial charge in [0, 0.05) is 20.3 Å². The fourth-order valence-corrected chi connectivity index (χ4v) is 3.40. The lowest BCUT2D eigenvalue weighted by molar-refractivity contribution is -0.131. The Labute approximate surface area is 150 Å². The van der Waals surface area contributed by atoms with Crippen molar-refractivity contribution in [1.82, 2.24) is 19.5 Å². The van der Waals surface area contributed by atoms with Crippen LogP contribution in [0, 0.1) is 0 Å². The van der Waals surface area contributed by atoms with E-state index in [1.165, 1.54) is 32.4 Å². The average molecular weight is 378 g/mol. The maximum Gasteiger partial charge on any atom is 0.325 e. The van der Waals surface area contributed by atoms with E-state index in [9.17, 15) is 18.0 Å². The second kappa shape index (κ2) is 6.22. The predicted molar refractivity (Wildman–Crippen MR) is 90.3 cm³/mol. The fraction of sp³-hybridized carbons (Fsp3) is 0.312. The molecule has 3 heterocycles. The minimum Gasteiger partial charge on any atom is -0.446 e. The second-order valence-electron chi connectivity index (χ2n) is 6.17. The highest BCUT2D eigenvalue weighted by Crippen LogP contribution is 2.29. The van der Waals surface area contributed by atoms with Crippen LogP contribution in [0.5, 0.6) is 0 Å². The predicted octanol–water partition coefficient (Wildman–Crippen LogP) is 0.892. The summed E-state index contributed by atoms with van der Waals surface area (Å²) in [5, 5.41) is 2.38. The number of hydrogen-bond donors (Lipinski definition) is 1. The molecule has 3 amide bonds. The summed E-state index contributed by atoms with van der Waals surface area (Å²) in [5.41, 5.74) is -0.875. The number of nitrogens with one attached hydrogen (secondary N) is 1. The number of pyridine rings is 1. The van der Waals surface area contributed by atoms with Gasteiger partial charge < -0.3 is 9.73 Å². The van der Waals surface area contributed by atoms with Crippen LogP contribution in [-0.2, 0) is 26.9 Å². The van der Waals surface area contributed by atoms with Gasteiger partial charge in [0.25, 0.3) is 15.9 Å². The Morgan fingerprint density at radius 1 is 1.23 bits per heavy atom. The van der Waals surface area contributed by atoms with Gasteiger partial charge in [-0.05, 0) is 31.2 Å². The lowest BCUT2D eigenvalue weighted by atomic mass is 9.97. The summed E-state index contributed by atoms with van der Waals surface area (Å²) in [6, 6.07) is 7.20. The smallest absolute Gasteiger partial charge is 0.325 e. The van der Waals surface area contributed by atoms with Crippen LogP contribution in [0.15, 0.2) is 46.0 Å². The first kappa shape index (κ1) is 18.1. The minimum atomic E-state index is -3.73.